The van der Waals surface area contributed by atoms with Crippen LogP contribution in [0.4, 0.5) is 4.39 Å². The summed E-state index contributed by atoms with van der Waals surface area (Å²) in [6.07, 6.45) is 3.28. The number of nitrogens with one attached hydrogen (secondary N) is 1. The molecule has 1 aromatic rings. The summed E-state index contributed by atoms with van der Waals surface area (Å²) >= 11 is 5.84. The summed E-state index contributed by atoms with van der Waals surface area (Å²) in [5.41, 5.74) is 0.877. The van der Waals surface area contributed by atoms with Crippen LogP contribution in [0.25, 0.3) is 0 Å². The second-order valence-corrected chi connectivity index (χ2v) is 6.63. The first kappa shape index (κ1) is 16.7. The smallest absolute Gasteiger partial charge is 0.129 e. The highest BCUT2D eigenvalue weighted by Gasteiger charge is 2.33. The average Bonchev–Trinajstić information content (AvgIpc) is 2.62. The SMILES string of the molecule is CCC1(CC)CN(Cc2ccc(Cl)cc2F)C(C)CCN1. The van der Waals surface area contributed by atoms with Gasteiger partial charge in [-0.1, -0.05) is 31.5 Å². The van der Waals surface area contributed by atoms with Crippen LogP contribution in [0, 0.1) is 5.82 Å². The first-order valence-electron chi connectivity index (χ1n) is 7.92. The average molecular weight is 313 g/mol. The molecular formula is C17H26ClFN2. The highest BCUT2D eigenvalue weighted by molar-refractivity contribution is 6.30. The van der Waals surface area contributed by atoms with Crippen molar-refractivity contribution in [1.82, 2.24) is 10.2 Å². The predicted molar refractivity (Wildman–Crippen MR) is 87.2 cm³/mol. The monoisotopic (exact) mass is 312 g/mol. The Morgan fingerprint density at radius 3 is 2.71 bits per heavy atom. The van der Waals surface area contributed by atoms with Gasteiger partial charge in [-0.25, -0.2) is 4.39 Å². The standard InChI is InChI=1S/C17H26ClFN2/c1-4-17(5-2)12-21(13(3)8-9-20-17)11-14-6-7-15(18)10-16(14)19/h6-7,10,13,20H,4-5,8-9,11-12H2,1-3H3. The molecule has 0 bridgehead atoms. The molecule has 0 radical (unpaired) electrons. The van der Waals surface area contributed by atoms with E-state index < -0.39 is 0 Å². The Morgan fingerprint density at radius 2 is 2.10 bits per heavy atom. The maximum absolute atomic E-state index is 14.1. The molecule has 1 fully saturated rings. The fourth-order valence-electron chi connectivity index (χ4n) is 3.13. The molecule has 1 aliphatic rings. The van der Waals surface area contributed by atoms with Gasteiger partial charge in [-0.2, -0.15) is 0 Å². The molecule has 1 unspecified atom stereocenters. The zero-order chi connectivity index (χ0) is 15.5. The van der Waals surface area contributed by atoms with Gasteiger partial charge in [0.05, 0.1) is 0 Å². The first-order valence-corrected chi connectivity index (χ1v) is 8.30. The Balaban J connectivity index is 2.18. The van der Waals surface area contributed by atoms with Gasteiger partial charge in [-0.05, 0) is 44.9 Å². The van der Waals surface area contributed by atoms with Crippen LogP contribution in [0.1, 0.15) is 45.6 Å². The Morgan fingerprint density at radius 1 is 1.38 bits per heavy atom. The molecule has 2 nitrogen and oxygen atoms in total. The van der Waals surface area contributed by atoms with E-state index in [1.165, 1.54) is 6.07 Å². The predicted octanol–water partition coefficient (Wildman–Crippen LogP) is 4.22. The van der Waals surface area contributed by atoms with Crippen LogP contribution in [0.2, 0.25) is 5.02 Å². The number of hydrogen-bond donors (Lipinski definition) is 1. The number of benzene rings is 1. The van der Waals surface area contributed by atoms with E-state index in [0.717, 1.165) is 37.9 Å². The van der Waals surface area contributed by atoms with Gasteiger partial charge >= 0.3 is 0 Å². The molecule has 1 aromatic carbocycles. The largest absolute Gasteiger partial charge is 0.310 e. The Hall–Kier alpha value is -0.640. The molecule has 1 saturated heterocycles. The summed E-state index contributed by atoms with van der Waals surface area (Å²) in [5, 5.41) is 4.16. The molecule has 4 heteroatoms. The molecule has 0 spiro atoms. The lowest BCUT2D eigenvalue weighted by atomic mass is 9.92. The zero-order valence-electron chi connectivity index (χ0n) is 13.3. The van der Waals surface area contributed by atoms with Gasteiger partial charge in [-0.3, -0.25) is 4.90 Å². The zero-order valence-corrected chi connectivity index (χ0v) is 14.0. The van der Waals surface area contributed by atoms with Crippen molar-refractivity contribution in [3.63, 3.8) is 0 Å². The van der Waals surface area contributed by atoms with E-state index in [1.54, 1.807) is 6.07 Å². The topological polar surface area (TPSA) is 15.3 Å². The van der Waals surface area contributed by atoms with E-state index in [0.29, 0.717) is 17.6 Å². The molecule has 21 heavy (non-hydrogen) atoms. The van der Waals surface area contributed by atoms with Crippen molar-refractivity contribution in [3.05, 3.63) is 34.6 Å². The third kappa shape index (κ3) is 3.97. The molecule has 0 aliphatic carbocycles. The van der Waals surface area contributed by atoms with E-state index >= 15 is 0 Å². The van der Waals surface area contributed by atoms with Gasteiger partial charge in [0.25, 0.3) is 0 Å². The van der Waals surface area contributed by atoms with Gasteiger partial charge in [0, 0.05) is 35.3 Å². The molecule has 1 aliphatic heterocycles. The van der Waals surface area contributed by atoms with Gasteiger partial charge in [0.2, 0.25) is 0 Å². The summed E-state index contributed by atoms with van der Waals surface area (Å²) in [6.45, 7) is 9.33. The molecule has 2 rings (SSSR count). The number of rotatable bonds is 4. The van der Waals surface area contributed by atoms with E-state index in [4.69, 9.17) is 11.6 Å². The molecule has 1 atom stereocenters. The number of nitrogens with zero attached hydrogens (tertiary/aromatic N) is 1. The molecular weight excluding hydrogens is 287 g/mol. The maximum atomic E-state index is 14.1. The highest BCUT2D eigenvalue weighted by Crippen LogP contribution is 2.25. The van der Waals surface area contributed by atoms with Gasteiger partial charge in [0.15, 0.2) is 0 Å². The Kier molecular flexibility index (Phi) is 5.64. The van der Waals surface area contributed by atoms with E-state index in [1.807, 2.05) is 6.07 Å². The second-order valence-electron chi connectivity index (χ2n) is 6.19. The third-order valence-electron chi connectivity index (χ3n) is 4.93. The minimum absolute atomic E-state index is 0.146. The van der Waals surface area contributed by atoms with Crippen molar-refractivity contribution in [1.29, 1.82) is 0 Å². The van der Waals surface area contributed by atoms with Crippen molar-refractivity contribution in [2.24, 2.45) is 0 Å². The van der Waals surface area contributed by atoms with Crippen molar-refractivity contribution in [2.75, 3.05) is 13.1 Å². The minimum atomic E-state index is -0.203. The molecule has 0 amide bonds. The molecule has 0 aromatic heterocycles. The Bertz CT molecular complexity index is 474. The normalized spacial score (nSPS) is 23.0. The maximum Gasteiger partial charge on any atom is 0.129 e. The van der Waals surface area contributed by atoms with E-state index in [-0.39, 0.29) is 11.4 Å². The molecule has 1 heterocycles. The van der Waals surface area contributed by atoms with Crippen LogP contribution in [-0.2, 0) is 6.54 Å². The van der Waals surface area contributed by atoms with Crippen LogP contribution >= 0.6 is 11.6 Å². The van der Waals surface area contributed by atoms with Crippen molar-refractivity contribution >= 4 is 11.6 Å². The van der Waals surface area contributed by atoms with Crippen molar-refractivity contribution in [2.45, 2.75) is 58.2 Å². The summed E-state index contributed by atoms with van der Waals surface area (Å²) < 4.78 is 14.1. The van der Waals surface area contributed by atoms with Crippen LogP contribution in [-0.4, -0.2) is 29.6 Å². The summed E-state index contributed by atoms with van der Waals surface area (Å²) in [4.78, 5) is 2.40. The fraction of sp³-hybridized carbons (Fsp3) is 0.647. The summed E-state index contributed by atoms with van der Waals surface area (Å²) in [6, 6.07) is 5.44. The van der Waals surface area contributed by atoms with Crippen molar-refractivity contribution in [3.8, 4) is 0 Å². The summed E-state index contributed by atoms with van der Waals surface area (Å²) in [5.74, 6) is -0.203. The number of hydrogen-bond acceptors (Lipinski definition) is 2. The lowest BCUT2D eigenvalue weighted by molar-refractivity contribution is 0.151. The number of halogens is 2. The highest BCUT2D eigenvalue weighted by atomic mass is 35.5. The molecule has 118 valence electrons. The minimum Gasteiger partial charge on any atom is -0.310 e. The van der Waals surface area contributed by atoms with Crippen LogP contribution in [0.3, 0.4) is 0 Å². The van der Waals surface area contributed by atoms with E-state index in [2.05, 4.69) is 31.0 Å². The quantitative estimate of drug-likeness (QED) is 0.895. The van der Waals surface area contributed by atoms with Crippen LogP contribution in [0.15, 0.2) is 18.2 Å². The lowest BCUT2D eigenvalue weighted by Gasteiger charge is -2.37. The van der Waals surface area contributed by atoms with Gasteiger partial charge in [-0.15, -0.1) is 0 Å². The van der Waals surface area contributed by atoms with Gasteiger partial charge in [0.1, 0.15) is 5.82 Å². The van der Waals surface area contributed by atoms with Gasteiger partial charge < -0.3 is 5.32 Å². The van der Waals surface area contributed by atoms with Crippen LogP contribution < -0.4 is 5.32 Å². The molecule has 1 N–H and O–H groups in total. The lowest BCUT2D eigenvalue weighted by Crippen LogP contribution is -2.51. The first-order chi connectivity index (χ1) is 9.99. The molecule has 0 saturated carbocycles. The third-order valence-corrected chi connectivity index (χ3v) is 5.17. The van der Waals surface area contributed by atoms with E-state index in [9.17, 15) is 4.39 Å². The van der Waals surface area contributed by atoms with Crippen molar-refractivity contribution < 1.29 is 4.39 Å². The fourth-order valence-corrected chi connectivity index (χ4v) is 3.29. The second kappa shape index (κ2) is 7.08. The Labute approximate surface area is 132 Å². The van der Waals surface area contributed by atoms with Crippen LogP contribution in [0.5, 0.6) is 0 Å². The summed E-state index contributed by atoms with van der Waals surface area (Å²) in [7, 11) is 0.